The molecule has 0 bridgehead atoms. The Kier molecular flexibility index (Phi) is 6.75. The van der Waals surface area contributed by atoms with Crippen molar-refractivity contribution in [2.45, 2.75) is 84.1 Å². The Morgan fingerprint density at radius 3 is 2.70 bits per heavy atom. The zero-order valence-electron chi connectivity index (χ0n) is 18.3. The van der Waals surface area contributed by atoms with Gasteiger partial charge in [-0.15, -0.1) is 0 Å². The average molecular weight is 419 g/mol. The Morgan fingerprint density at radius 2 is 2.07 bits per heavy atom. The van der Waals surface area contributed by atoms with Gasteiger partial charge in [0.05, 0.1) is 24.4 Å². The topological polar surface area (TPSA) is 102 Å². The SMILES string of the molecule is CC(C)Oc1cc(O)n([C@@H](CC2CCCC2)C(=O)Nc2ccn(CC(C)(C)O)n2)c1. The molecule has 2 aromatic heterocycles. The number of anilines is 1. The number of aliphatic hydroxyl groups is 1. The van der Waals surface area contributed by atoms with Crippen LogP contribution in [0.5, 0.6) is 11.6 Å². The number of carbonyl (C=O) groups excluding carboxylic acids is 1. The van der Waals surface area contributed by atoms with Gasteiger partial charge in [0.1, 0.15) is 11.8 Å². The van der Waals surface area contributed by atoms with Crippen LogP contribution in [0.3, 0.4) is 0 Å². The van der Waals surface area contributed by atoms with Crippen molar-refractivity contribution in [3.63, 3.8) is 0 Å². The minimum Gasteiger partial charge on any atom is -0.494 e. The van der Waals surface area contributed by atoms with Gasteiger partial charge in [-0.1, -0.05) is 25.7 Å². The molecule has 2 heterocycles. The number of nitrogens with zero attached hydrogens (tertiary/aromatic N) is 3. The number of amides is 1. The first-order valence-corrected chi connectivity index (χ1v) is 10.7. The normalized spacial score (nSPS) is 16.2. The summed E-state index contributed by atoms with van der Waals surface area (Å²) in [5, 5.41) is 27.7. The first-order chi connectivity index (χ1) is 14.1. The van der Waals surface area contributed by atoms with Crippen molar-refractivity contribution < 1.29 is 19.7 Å². The lowest BCUT2D eigenvalue weighted by atomic mass is 9.97. The van der Waals surface area contributed by atoms with Crippen LogP contribution < -0.4 is 10.1 Å². The van der Waals surface area contributed by atoms with Gasteiger partial charge < -0.3 is 24.8 Å². The predicted octanol–water partition coefficient (Wildman–Crippen LogP) is 3.71. The first-order valence-electron chi connectivity index (χ1n) is 10.7. The summed E-state index contributed by atoms with van der Waals surface area (Å²) < 4.78 is 8.89. The van der Waals surface area contributed by atoms with Crippen LogP contribution in [0.25, 0.3) is 0 Å². The molecule has 166 valence electrons. The van der Waals surface area contributed by atoms with E-state index in [0.717, 1.165) is 12.8 Å². The van der Waals surface area contributed by atoms with Gasteiger partial charge in [-0.3, -0.25) is 9.48 Å². The Hall–Kier alpha value is -2.48. The zero-order valence-corrected chi connectivity index (χ0v) is 18.3. The van der Waals surface area contributed by atoms with Gasteiger partial charge in [0.2, 0.25) is 5.91 Å². The van der Waals surface area contributed by atoms with Crippen molar-refractivity contribution in [1.29, 1.82) is 0 Å². The minimum atomic E-state index is -0.901. The molecule has 1 fully saturated rings. The number of hydrogen-bond donors (Lipinski definition) is 3. The summed E-state index contributed by atoms with van der Waals surface area (Å²) in [6.45, 7) is 7.57. The number of ether oxygens (including phenoxy) is 1. The maximum Gasteiger partial charge on any atom is 0.248 e. The van der Waals surface area contributed by atoms with E-state index in [2.05, 4.69) is 10.4 Å². The zero-order chi connectivity index (χ0) is 21.9. The van der Waals surface area contributed by atoms with Gasteiger partial charge in [0, 0.05) is 18.3 Å². The lowest BCUT2D eigenvalue weighted by Gasteiger charge is -2.22. The van der Waals surface area contributed by atoms with Gasteiger partial charge in [-0.05, 0) is 40.0 Å². The number of aromatic hydroxyl groups is 1. The quantitative estimate of drug-likeness (QED) is 0.576. The summed E-state index contributed by atoms with van der Waals surface area (Å²) in [5.74, 6) is 1.20. The molecule has 0 radical (unpaired) electrons. The molecule has 8 nitrogen and oxygen atoms in total. The maximum absolute atomic E-state index is 13.2. The fraction of sp³-hybridized carbons (Fsp3) is 0.636. The van der Waals surface area contributed by atoms with E-state index >= 15 is 0 Å². The van der Waals surface area contributed by atoms with E-state index in [4.69, 9.17) is 4.74 Å². The van der Waals surface area contributed by atoms with Gasteiger partial charge >= 0.3 is 0 Å². The molecule has 1 atom stereocenters. The van der Waals surface area contributed by atoms with Crippen LogP contribution in [0.4, 0.5) is 5.82 Å². The molecule has 3 rings (SSSR count). The molecule has 0 saturated heterocycles. The molecule has 2 aromatic rings. The van der Waals surface area contributed by atoms with E-state index in [1.165, 1.54) is 12.8 Å². The van der Waals surface area contributed by atoms with Gasteiger partial charge in [-0.2, -0.15) is 5.10 Å². The highest BCUT2D eigenvalue weighted by molar-refractivity contribution is 5.93. The molecule has 0 spiro atoms. The average Bonchev–Trinajstić information content (AvgIpc) is 3.33. The Balaban J connectivity index is 1.78. The Labute approximate surface area is 177 Å². The summed E-state index contributed by atoms with van der Waals surface area (Å²) >= 11 is 0. The monoisotopic (exact) mass is 418 g/mol. The highest BCUT2D eigenvalue weighted by Crippen LogP contribution is 2.36. The number of hydrogen-bond acceptors (Lipinski definition) is 5. The smallest absolute Gasteiger partial charge is 0.248 e. The predicted molar refractivity (Wildman–Crippen MR) is 115 cm³/mol. The van der Waals surface area contributed by atoms with Crippen LogP contribution >= 0.6 is 0 Å². The summed E-state index contributed by atoms with van der Waals surface area (Å²) in [4.78, 5) is 13.2. The van der Waals surface area contributed by atoms with Gasteiger partial charge in [0.25, 0.3) is 0 Å². The molecule has 0 aliphatic heterocycles. The third-order valence-electron chi connectivity index (χ3n) is 5.28. The molecule has 1 aliphatic rings. The third kappa shape index (κ3) is 6.01. The lowest BCUT2D eigenvalue weighted by molar-refractivity contribution is -0.119. The van der Waals surface area contributed by atoms with Crippen molar-refractivity contribution in [2.24, 2.45) is 5.92 Å². The standard InChI is InChI=1S/C22H34N4O4/c1-15(2)30-17-12-20(27)26(13-17)18(11-16-7-5-6-8-16)21(28)23-19-9-10-25(24-19)14-22(3,4)29/h9-10,12-13,15-16,18,27,29H,5-8,11,14H2,1-4H3,(H,23,24,28)/t18-/m0/s1. The fourth-order valence-corrected chi connectivity index (χ4v) is 4.06. The van der Waals surface area contributed by atoms with Crippen LogP contribution in [-0.4, -0.2) is 42.2 Å². The molecule has 0 unspecified atom stereocenters. The summed E-state index contributed by atoms with van der Waals surface area (Å²) in [5.41, 5.74) is -0.901. The van der Waals surface area contributed by atoms with Crippen molar-refractivity contribution >= 4 is 11.7 Å². The highest BCUT2D eigenvalue weighted by Gasteiger charge is 2.29. The van der Waals surface area contributed by atoms with Crippen molar-refractivity contribution in [3.05, 3.63) is 24.5 Å². The van der Waals surface area contributed by atoms with Crippen molar-refractivity contribution in [3.8, 4) is 11.6 Å². The van der Waals surface area contributed by atoms with Crippen LogP contribution in [-0.2, 0) is 11.3 Å². The highest BCUT2D eigenvalue weighted by atomic mass is 16.5. The third-order valence-corrected chi connectivity index (χ3v) is 5.28. The lowest BCUT2D eigenvalue weighted by Crippen LogP contribution is -2.28. The molecule has 1 amide bonds. The largest absolute Gasteiger partial charge is 0.494 e. The number of rotatable bonds is 9. The second-order valence-corrected chi connectivity index (χ2v) is 9.21. The summed E-state index contributed by atoms with van der Waals surface area (Å²) in [7, 11) is 0. The number of carbonyl (C=O) groups is 1. The van der Waals surface area contributed by atoms with Crippen LogP contribution in [0.2, 0.25) is 0 Å². The number of nitrogens with one attached hydrogen (secondary N) is 1. The van der Waals surface area contributed by atoms with Gasteiger partial charge in [-0.25, -0.2) is 0 Å². The Morgan fingerprint density at radius 1 is 1.37 bits per heavy atom. The molecule has 1 saturated carbocycles. The van der Waals surface area contributed by atoms with Gasteiger partial charge in [0.15, 0.2) is 11.7 Å². The summed E-state index contributed by atoms with van der Waals surface area (Å²) in [6, 6.07) is 2.70. The number of aromatic nitrogens is 3. The molecule has 8 heteroatoms. The summed E-state index contributed by atoms with van der Waals surface area (Å²) in [6.07, 6.45) is 8.60. The van der Waals surface area contributed by atoms with E-state index < -0.39 is 11.6 Å². The molecule has 0 aromatic carbocycles. The minimum absolute atomic E-state index is 0.0105. The van der Waals surface area contributed by atoms with E-state index in [1.54, 1.807) is 47.6 Å². The van der Waals surface area contributed by atoms with Crippen LogP contribution in [0, 0.1) is 5.92 Å². The Bertz CT molecular complexity index is 844. The van der Waals surface area contributed by atoms with Crippen LogP contribution in [0.1, 0.15) is 65.8 Å². The maximum atomic E-state index is 13.2. The molecular weight excluding hydrogens is 384 g/mol. The molecular formula is C22H34N4O4. The second-order valence-electron chi connectivity index (χ2n) is 9.21. The molecule has 30 heavy (non-hydrogen) atoms. The van der Waals surface area contributed by atoms with Crippen molar-refractivity contribution in [2.75, 3.05) is 5.32 Å². The first kappa shape index (κ1) is 22.2. The van der Waals surface area contributed by atoms with E-state index in [1.807, 2.05) is 13.8 Å². The van der Waals surface area contributed by atoms with Crippen molar-refractivity contribution in [1.82, 2.24) is 14.3 Å². The molecule has 3 N–H and O–H groups in total. The molecule has 1 aliphatic carbocycles. The van der Waals surface area contributed by atoms with Crippen LogP contribution in [0.15, 0.2) is 24.5 Å². The van der Waals surface area contributed by atoms with E-state index in [-0.39, 0.29) is 17.9 Å². The fourth-order valence-electron chi connectivity index (χ4n) is 4.06. The van der Waals surface area contributed by atoms with E-state index in [0.29, 0.717) is 30.5 Å². The van der Waals surface area contributed by atoms with E-state index in [9.17, 15) is 15.0 Å². The second kappa shape index (κ2) is 9.12.